The summed E-state index contributed by atoms with van der Waals surface area (Å²) in [6.07, 6.45) is 4.77. The van der Waals surface area contributed by atoms with Crippen LogP contribution in [-0.4, -0.2) is 23.4 Å². The van der Waals surface area contributed by atoms with E-state index in [1.165, 1.54) is 37.5 Å². The summed E-state index contributed by atoms with van der Waals surface area (Å²) in [6, 6.07) is 4.02. The van der Waals surface area contributed by atoms with Crippen LogP contribution >= 0.6 is 22.7 Å². The van der Waals surface area contributed by atoms with Crippen molar-refractivity contribution in [3.63, 3.8) is 0 Å². The molecule has 136 valence electrons. The minimum Gasteiger partial charge on any atom is -0.370 e. The zero-order chi connectivity index (χ0) is 18.1. The number of hydrogen-bond acceptors (Lipinski definition) is 5. The first-order chi connectivity index (χ1) is 12.1. The Kier molecular flexibility index (Phi) is 7.87. The minimum atomic E-state index is -0.0297. The Morgan fingerprint density at radius 1 is 1.28 bits per heavy atom. The van der Waals surface area contributed by atoms with Crippen molar-refractivity contribution in [2.75, 3.05) is 6.54 Å². The molecule has 8 heteroatoms. The van der Waals surface area contributed by atoms with Crippen molar-refractivity contribution in [1.82, 2.24) is 15.6 Å². The van der Waals surface area contributed by atoms with E-state index in [9.17, 15) is 4.79 Å². The van der Waals surface area contributed by atoms with Crippen LogP contribution in [0.25, 0.3) is 10.6 Å². The number of aromatic nitrogens is 1. The molecule has 0 atom stereocenters. The van der Waals surface area contributed by atoms with Gasteiger partial charge in [-0.3, -0.25) is 4.79 Å². The molecule has 25 heavy (non-hydrogen) atoms. The molecule has 0 saturated heterocycles. The van der Waals surface area contributed by atoms with E-state index in [0.29, 0.717) is 17.6 Å². The van der Waals surface area contributed by atoms with Crippen LogP contribution in [0, 0.1) is 0 Å². The first-order valence-electron chi connectivity index (χ1n) is 8.45. The lowest BCUT2D eigenvalue weighted by Crippen LogP contribution is -2.31. The van der Waals surface area contributed by atoms with Gasteiger partial charge < -0.3 is 16.4 Å². The van der Waals surface area contributed by atoms with Crippen molar-refractivity contribution >= 4 is 39.7 Å². The third-order valence-corrected chi connectivity index (χ3v) is 5.31. The number of unbranched alkanes of at least 4 members (excludes halogenated alkanes) is 3. The Labute approximate surface area is 156 Å². The van der Waals surface area contributed by atoms with E-state index in [2.05, 4.69) is 27.5 Å². The van der Waals surface area contributed by atoms with Gasteiger partial charge in [0.05, 0.1) is 17.1 Å². The lowest BCUT2D eigenvalue weighted by molar-refractivity contribution is -0.119. The third kappa shape index (κ3) is 6.83. The normalized spacial score (nSPS) is 11.5. The molecular weight excluding hydrogens is 354 g/mol. The molecule has 0 aliphatic rings. The molecule has 0 unspecified atom stereocenters. The van der Waals surface area contributed by atoms with E-state index in [0.717, 1.165) is 28.4 Å². The molecule has 6 nitrogen and oxygen atoms in total. The number of carbonyl (C=O) groups is 1. The van der Waals surface area contributed by atoms with E-state index in [1.54, 1.807) is 11.3 Å². The predicted molar refractivity (Wildman–Crippen MR) is 106 cm³/mol. The van der Waals surface area contributed by atoms with E-state index in [-0.39, 0.29) is 5.91 Å². The average molecular weight is 380 g/mol. The summed E-state index contributed by atoms with van der Waals surface area (Å²) >= 11 is 3.08. The number of rotatable bonds is 9. The number of aliphatic imine (C=N–C) groups is 1. The molecular formula is C17H25N5OS2. The molecule has 0 fully saturated rings. The van der Waals surface area contributed by atoms with Crippen molar-refractivity contribution < 1.29 is 4.79 Å². The van der Waals surface area contributed by atoms with Gasteiger partial charge in [-0.1, -0.05) is 26.2 Å². The Hall–Kier alpha value is -1.93. The van der Waals surface area contributed by atoms with Crippen molar-refractivity contribution in [3.05, 3.63) is 22.4 Å². The molecule has 0 aromatic carbocycles. The molecule has 2 heterocycles. The smallest absolute Gasteiger partial charge is 0.217 e. The van der Waals surface area contributed by atoms with Crippen LogP contribution in [-0.2, 0) is 11.3 Å². The number of nitrogens with zero attached hydrogens (tertiary/aromatic N) is 2. The highest BCUT2D eigenvalue weighted by Gasteiger charge is 2.08. The van der Waals surface area contributed by atoms with Gasteiger partial charge in [-0.25, -0.2) is 4.98 Å². The predicted octanol–water partition coefficient (Wildman–Crippen LogP) is 3.62. The Morgan fingerprint density at radius 3 is 2.88 bits per heavy atom. The maximum absolute atomic E-state index is 11.0. The molecule has 2 aromatic rings. The Morgan fingerprint density at radius 2 is 2.12 bits per heavy atom. The Balaban J connectivity index is 1.88. The highest BCUT2D eigenvalue weighted by molar-refractivity contribution is 7.16. The van der Waals surface area contributed by atoms with Gasteiger partial charge in [0.25, 0.3) is 0 Å². The molecule has 0 radical (unpaired) electrons. The topological polar surface area (TPSA) is 92.4 Å². The number of thiophene rings is 1. The summed E-state index contributed by atoms with van der Waals surface area (Å²) < 4.78 is 0. The number of thiazole rings is 1. The van der Waals surface area contributed by atoms with Crippen LogP contribution in [0.5, 0.6) is 0 Å². The van der Waals surface area contributed by atoms with Gasteiger partial charge in [0.1, 0.15) is 0 Å². The fourth-order valence-electron chi connectivity index (χ4n) is 2.16. The van der Waals surface area contributed by atoms with E-state index in [1.807, 2.05) is 17.5 Å². The summed E-state index contributed by atoms with van der Waals surface area (Å²) in [5.41, 5.74) is 6.80. The van der Waals surface area contributed by atoms with Gasteiger partial charge in [-0.05, 0) is 18.6 Å². The molecule has 4 N–H and O–H groups in total. The monoisotopic (exact) mass is 379 g/mol. The largest absolute Gasteiger partial charge is 0.370 e. The number of nitrogens with one attached hydrogen (secondary N) is 2. The highest BCUT2D eigenvalue weighted by atomic mass is 32.1. The van der Waals surface area contributed by atoms with E-state index in [4.69, 9.17) is 5.73 Å². The zero-order valence-electron chi connectivity index (χ0n) is 14.7. The number of nitrogens with two attached hydrogens (primary N) is 1. The van der Waals surface area contributed by atoms with Crippen molar-refractivity contribution in [2.45, 2.75) is 46.1 Å². The second-order valence-corrected chi connectivity index (χ2v) is 7.68. The second-order valence-electron chi connectivity index (χ2n) is 5.68. The van der Waals surface area contributed by atoms with Gasteiger partial charge in [0.2, 0.25) is 11.0 Å². The second kappa shape index (κ2) is 10.1. The molecule has 0 aliphatic heterocycles. The van der Waals surface area contributed by atoms with Gasteiger partial charge in [-0.2, -0.15) is 4.99 Å². The molecule has 0 bridgehead atoms. The standard InChI is InChI=1S/C17H25N5OS2/c1-3-4-5-6-9-19-16(18)22-17-21-14(11-24-17)15-8-7-13(25-15)10-20-12(2)23/h7-8,11H,3-6,9-10H2,1-2H3,(H,20,23)(H3,18,19,21,22). The summed E-state index contributed by atoms with van der Waals surface area (Å²) in [7, 11) is 0. The molecule has 0 saturated carbocycles. The summed E-state index contributed by atoms with van der Waals surface area (Å²) in [5, 5.41) is 8.54. The zero-order valence-corrected chi connectivity index (χ0v) is 16.3. The van der Waals surface area contributed by atoms with Crippen LogP contribution in [0.3, 0.4) is 0 Å². The van der Waals surface area contributed by atoms with E-state index < -0.39 is 0 Å². The highest BCUT2D eigenvalue weighted by Crippen LogP contribution is 2.31. The first kappa shape index (κ1) is 19.4. The van der Waals surface area contributed by atoms with Crippen molar-refractivity contribution in [3.8, 4) is 10.6 Å². The van der Waals surface area contributed by atoms with Gasteiger partial charge in [-0.15, -0.1) is 22.7 Å². The summed E-state index contributed by atoms with van der Waals surface area (Å²) in [6.45, 7) is 5.09. The molecule has 2 aromatic heterocycles. The quantitative estimate of drug-likeness (QED) is 0.352. The van der Waals surface area contributed by atoms with E-state index >= 15 is 0 Å². The van der Waals surface area contributed by atoms with Crippen LogP contribution in [0.2, 0.25) is 0 Å². The Bertz CT molecular complexity index is 707. The number of carbonyl (C=O) groups excluding carboxylic acids is 1. The van der Waals surface area contributed by atoms with Crippen LogP contribution < -0.4 is 16.4 Å². The maximum atomic E-state index is 11.0. The summed E-state index contributed by atoms with van der Waals surface area (Å²) in [5.74, 6) is 0.382. The molecule has 0 spiro atoms. The lowest BCUT2D eigenvalue weighted by atomic mass is 10.2. The van der Waals surface area contributed by atoms with Crippen molar-refractivity contribution in [2.24, 2.45) is 10.7 Å². The molecule has 2 rings (SSSR count). The van der Waals surface area contributed by atoms with Crippen LogP contribution in [0.15, 0.2) is 22.5 Å². The average Bonchev–Trinajstić information content (AvgIpc) is 3.21. The third-order valence-electron chi connectivity index (χ3n) is 3.47. The van der Waals surface area contributed by atoms with Gasteiger partial charge >= 0.3 is 0 Å². The fraction of sp³-hybridized carbons (Fsp3) is 0.471. The minimum absolute atomic E-state index is 0.0297. The fourth-order valence-corrected chi connectivity index (χ4v) is 3.84. The molecule has 0 aliphatic carbocycles. The number of guanidine groups is 1. The SMILES string of the molecule is CCCCCCN/C(N)=N/c1nc(-c2ccc(CNC(C)=O)s2)cs1. The number of hydrogen-bond donors (Lipinski definition) is 3. The van der Waals surface area contributed by atoms with Crippen LogP contribution in [0.1, 0.15) is 44.4 Å². The summed E-state index contributed by atoms with van der Waals surface area (Å²) in [4.78, 5) is 22.0. The lowest BCUT2D eigenvalue weighted by Gasteiger charge is -2.03. The maximum Gasteiger partial charge on any atom is 0.217 e. The van der Waals surface area contributed by atoms with Gasteiger partial charge in [0.15, 0.2) is 5.96 Å². The van der Waals surface area contributed by atoms with Crippen molar-refractivity contribution in [1.29, 1.82) is 0 Å². The van der Waals surface area contributed by atoms with Crippen LogP contribution in [0.4, 0.5) is 5.13 Å². The molecule has 1 amide bonds. The first-order valence-corrected chi connectivity index (χ1v) is 10.1. The number of amides is 1. The van der Waals surface area contributed by atoms with Gasteiger partial charge in [0, 0.05) is 23.7 Å².